The SMILES string of the molecule is C=C/C=C\C(=C)/C=N/c1nc(Cl)ccc1N=C.CC.CC. The van der Waals surface area contributed by atoms with Gasteiger partial charge in [0.1, 0.15) is 10.8 Å². The molecular formula is C17H24ClN3. The minimum atomic E-state index is 0.358. The molecule has 0 saturated carbocycles. The molecule has 1 aromatic heterocycles. The van der Waals surface area contributed by atoms with Gasteiger partial charge in [0.15, 0.2) is 5.82 Å². The van der Waals surface area contributed by atoms with Crippen molar-refractivity contribution < 1.29 is 0 Å². The van der Waals surface area contributed by atoms with Crippen molar-refractivity contribution in [3.63, 3.8) is 0 Å². The van der Waals surface area contributed by atoms with E-state index >= 15 is 0 Å². The summed E-state index contributed by atoms with van der Waals surface area (Å²) >= 11 is 5.78. The lowest BCUT2D eigenvalue weighted by Gasteiger charge is -1.98. The lowest BCUT2D eigenvalue weighted by molar-refractivity contribution is 1.26. The highest BCUT2D eigenvalue weighted by molar-refractivity contribution is 6.29. The van der Waals surface area contributed by atoms with E-state index in [-0.39, 0.29) is 0 Å². The Morgan fingerprint density at radius 3 is 2.38 bits per heavy atom. The molecule has 0 saturated heterocycles. The number of halogens is 1. The maximum atomic E-state index is 5.78. The molecule has 0 unspecified atom stereocenters. The van der Waals surface area contributed by atoms with Crippen LogP contribution in [0.5, 0.6) is 0 Å². The van der Waals surface area contributed by atoms with E-state index < -0.39 is 0 Å². The smallest absolute Gasteiger partial charge is 0.179 e. The quantitative estimate of drug-likeness (QED) is 0.367. The minimum Gasteiger partial charge on any atom is -0.261 e. The van der Waals surface area contributed by atoms with Crippen LogP contribution in [0.2, 0.25) is 5.15 Å². The summed E-state index contributed by atoms with van der Waals surface area (Å²) < 4.78 is 0. The molecule has 0 bridgehead atoms. The van der Waals surface area contributed by atoms with Crippen molar-refractivity contribution in [2.24, 2.45) is 9.98 Å². The van der Waals surface area contributed by atoms with E-state index in [1.165, 1.54) is 0 Å². The van der Waals surface area contributed by atoms with Gasteiger partial charge in [0.05, 0.1) is 0 Å². The van der Waals surface area contributed by atoms with Gasteiger partial charge in [-0.2, -0.15) is 0 Å². The van der Waals surface area contributed by atoms with Gasteiger partial charge in [0.2, 0.25) is 0 Å². The van der Waals surface area contributed by atoms with E-state index in [1.54, 1.807) is 36.6 Å². The molecule has 0 radical (unpaired) electrons. The highest BCUT2D eigenvalue weighted by Crippen LogP contribution is 2.26. The van der Waals surface area contributed by atoms with Gasteiger partial charge in [-0.05, 0) is 24.4 Å². The van der Waals surface area contributed by atoms with Crippen LogP contribution in [-0.4, -0.2) is 17.9 Å². The average molecular weight is 306 g/mol. The fourth-order valence-corrected chi connectivity index (χ4v) is 1.16. The summed E-state index contributed by atoms with van der Waals surface area (Å²) in [5.74, 6) is 0.417. The number of aliphatic imine (C=N–C) groups is 2. The molecule has 0 aliphatic carbocycles. The van der Waals surface area contributed by atoms with Crippen LogP contribution in [0.3, 0.4) is 0 Å². The average Bonchev–Trinajstić information content (AvgIpc) is 2.54. The van der Waals surface area contributed by atoms with Gasteiger partial charge in [0, 0.05) is 6.21 Å². The molecule has 21 heavy (non-hydrogen) atoms. The second kappa shape index (κ2) is 14.4. The number of allylic oxidation sites excluding steroid dienone is 4. The fourth-order valence-electron chi connectivity index (χ4n) is 1.02. The van der Waals surface area contributed by atoms with Crippen molar-refractivity contribution in [3.05, 3.63) is 54.2 Å². The first kappa shape index (κ1) is 21.3. The van der Waals surface area contributed by atoms with E-state index in [0.29, 0.717) is 16.7 Å². The van der Waals surface area contributed by atoms with Crippen molar-refractivity contribution in [1.82, 2.24) is 4.98 Å². The summed E-state index contributed by atoms with van der Waals surface area (Å²) in [4.78, 5) is 12.0. The molecule has 0 aromatic carbocycles. The number of hydrogen-bond donors (Lipinski definition) is 0. The first-order chi connectivity index (χ1) is 10.2. The van der Waals surface area contributed by atoms with Gasteiger partial charge < -0.3 is 0 Å². The van der Waals surface area contributed by atoms with Crippen LogP contribution in [0.15, 0.2) is 59.1 Å². The molecule has 0 atom stereocenters. The Morgan fingerprint density at radius 2 is 1.86 bits per heavy atom. The Labute approximate surface area is 133 Å². The van der Waals surface area contributed by atoms with Crippen LogP contribution in [0, 0.1) is 0 Å². The van der Waals surface area contributed by atoms with E-state index in [4.69, 9.17) is 11.6 Å². The summed E-state index contributed by atoms with van der Waals surface area (Å²) in [5.41, 5.74) is 1.30. The van der Waals surface area contributed by atoms with Crippen molar-refractivity contribution in [2.75, 3.05) is 0 Å². The predicted octanol–water partition coefficient (Wildman–Crippen LogP) is 6.12. The Bertz CT molecular complexity index is 503. The topological polar surface area (TPSA) is 37.6 Å². The minimum absolute atomic E-state index is 0.358. The third kappa shape index (κ3) is 9.52. The largest absolute Gasteiger partial charge is 0.261 e. The summed E-state index contributed by atoms with van der Waals surface area (Å²) in [5, 5.41) is 0.358. The Hall–Kier alpha value is -2.00. The van der Waals surface area contributed by atoms with Crippen LogP contribution < -0.4 is 0 Å². The highest BCUT2D eigenvalue weighted by atomic mass is 35.5. The summed E-state index contributed by atoms with van der Waals surface area (Å²) in [7, 11) is 0. The fraction of sp³-hybridized carbons (Fsp3) is 0.235. The molecule has 0 aliphatic heterocycles. The van der Waals surface area contributed by atoms with E-state index in [2.05, 4.69) is 34.8 Å². The van der Waals surface area contributed by atoms with Crippen molar-refractivity contribution in [1.29, 1.82) is 0 Å². The second-order valence-corrected chi connectivity index (χ2v) is 3.45. The molecule has 114 valence electrons. The molecular weight excluding hydrogens is 282 g/mol. The lowest BCUT2D eigenvalue weighted by Crippen LogP contribution is -1.80. The molecule has 3 nitrogen and oxygen atoms in total. The zero-order valence-electron chi connectivity index (χ0n) is 13.3. The molecule has 0 N–H and O–H groups in total. The Balaban J connectivity index is 0. The van der Waals surface area contributed by atoms with Crippen LogP contribution in [0.1, 0.15) is 27.7 Å². The Kier molecular flexibility index (Phi) is 14.6. The monoisotopic (exact) mass is 305 g/mol. The molecule has 1 rings (SSSR count). The molecule has 4 heteroatoms. The van der Waals surface area contributed by atoms with Crippen LogP contribution in [-0.2, 0) is 0 Å². The number of aromatic nitrogens is 1. The van der Waals surface area contributed by atoms with Crippen LogP contribution >= 0.6 is 11.6 Å². The number of rotatable bonds is 5. The van der Waals surface area contributed by atoms with Crippen molar-refractivity contribution in [3.8, 4) is 0 Å². The van der Waals surface area contributed by atoms with Crippen LogP contribution in [0.25, 0.3) is 0 Å². The van der Waals surface area contributed by atoms with E-state index in [9.17, 15) is 0 Å². The summed E-state index contributed by atoms with van der Waals surface area (Å²) in [6, 6.07) is 3.34. The normalized spacial score (nSPS) is 9.38. The third-order valence-corrected chi connectivity index (χ3v) is 2.00. The van der Waals surface area contributed by atoms with E-state index in [0.717, 1.165) is 5.57 Å². The molecule has 1 aromatic rings. The lowest BCUT2D eigenvalue weighted by atomic mass is 10.3. The standard InChI is InChI=1S/C13H12ClN3.2C2H6/c1-4-5-6-10(2)9-16-13-11(15-3)7-8-12(14)17-13;2*1-2/h4-9H,1-3H2;2*1-2H3/b6-5-,16-9+;;. The predicted molar refractivity (Wildman–Crippen MR) is 97.8 cm³/mol. The molecule has 0 spiro atoms. The van der Waals surface area contributed by atoms with Crippen molar-refractivity contribution >= 4 is 36.0 Å². The van der Waals surface area contributed by atoms with Crippen molar-refractivity contribution in [2.45, 2.75) is 27.7 Å². The Morgan fingerprint density at radius 1 is 1.24 bits per heavy atom. The number of hydrogen-bond acceptors (Lipinski definition) is 3. The molecule has 0 fully saturated rings. The maximum Gasteiger partial charge on any atom is 0.179 e. The number of nitrogens with zero attached hydrogens (tertiary/aromatic N) is 3. The first-order valence-electron chi connectivity index (χ1n) is 6.82. The summed E-state index contributed by atoms with van der Waals surface area (Å²) in [6.07, 6.45) is 6.79. The van der Waals surface area contributed by atoms with Gasteiger partial charge >= 0.3 is 0 Å². The first-order valence-corrected chi connectivity index (χ1v) is 7.20. The number of pyridine rings is 1. The molecule has 0 amide bonds. The van der Waals surface area contributed by atoms with E-state index in [1.807, 2.05) is 27.7 Å². The zero-order chi connectivity index (χ0) is 16.7. The maximum absolute atomic E-state index is 5.78. The summed E-state index contributed by atoms with van der Waals surface area (Å²) in [6.45, 7) is 18.8. The van der Waals surface area contributed by atoms with Gasteiger partial charge in [-0.25, -0.2) is 9.98 Å². The molecule has 0 aliphatic rings. The van der Waals surface area contributed by atoms with Gasteiger partial charge in [-0.3, -0.25) is 4.99 Å². The molecule has 1 heterocycles. The van der Waals surface area contributed by atoms with Gasteiger partial charge in [-0.15, -0.1) is 0 Å². The van der Waals surface area contributed by atoms with Gasteiger partial charge in [0.25, 0.3) is 0 Å². The second-order valence-electron chi connectivity index (χ2n) is 3.06. The zero-order valence-corrected chi connectivity index (χ0v) is 14.1. The third-order valence-electron chi connectivity index (χ3n) is 1.79. The van der Waals surface area contributed by atoms with Gasteiger partial charge in [-0.1, -0.05) is 70.7 Å². The highest BCUT2D eigenvalue weighted by Gasteiger charge is 2.00. The van der Waals surface area contributed by atoms with Crippen LogP contribution in [0.4, 0.5) is 11.5 Å².